The largest absolute Gasteiger partial charge is 0.445 e. The van der Waals surface area contributed by atoms with Gasteiger partial charge < -0.3 is 43.1 Å². The molecule has 0 spiro atoms. The van der Waals surface area contributed by atoms with Gasteiger partial charge in [-0.1, -0.05) is 30.3 Å². The third-order valence-electron chi connectivity index (χ3n) is 6.77. The fourth-order valence-corrected chi connectivity index (χ4v) is 4.65. The van der Waals surface area contributed by atoms with E-state index in [-0.39, 0.29) is 55.7 Å². The number of primary amides is 1. The Morgan fingerprint density at radius 3 is 2.18 bits per heavy atom. The van der Waals surface area contributed by atoms with Gasteiger partial charge in [-0.2, -0.15) is 0 Å². The predicted molar refractivity (Wildman–Crippen MR) is 171 cm³/mol. The maximum absolute atomic E-state index is 14.3. The summed E-state index contributed by atoms with van der Waals surface area (Å²) < 4.78 is 10.8. The monoisotopic (exact) mass is 621 g/mol. The zero-order valence-corrected chi connectivity index (χ0v) is 25.0. The fraction of sp³-hybridized carbons (Fsp3) is 0.333. The van der Waals surface area contributed by atoms with Crippen LogP contribution in [-0.2, 0) is 20.9 Å². The Morgan fingerprint density at radius 1 is 0.911 bits per heavy atom. The Hall–Kier alpha value is -5.60. The summed E-state index contributed by atoms with van der Waals surface area (Å²) in [5.74, 6) is -1.74. The molecular weight excluding hydrogens is 582 g/mol. The van der Waals surface area contributed by atoms with Crippen molar-refractivity contribution in [2.24, 2.45) is 38.7 Å². The summed E-state index contributed by atoms with van der Waals surface area (Å²) in [7, 11) is 0. The lowest BCUT2D eigenvalue weighted by atomic mass is 10.0. The lowest BCUT2D eigenvalue weighted by molar-refractivity contribution is -0.125. The van der Waals surface area contributed by atoms with E-state index in [4.69, 9.17) is 37.8 Å². The molecule has 0 bridgehead atoms. The van der Waals surface area contributed by atoms with Crippen molar-refractivity contribution in [3.63, 3.8) is 0 Å². The van der Waals surface area contributed by atoms with E-state index in [1.165, 1.54) is 17.0 Å². The molecule has 0 radical (unpaired) electrons. The van der Waals surface area contributed by atoms with Gasteiger partial charge in [0.1, 0.15) is 24.3 Å². The molecule has 240 valence electrons. The summed E-state index contributed by atoms with van der Waals surface area (Å²) in [5, 5.41) is 3.24. The van der Waals surface area contributed by atoms with Crippen LogP contribution in [0.5, 0.6) is 0 Å². The zero-order valence-electron chi connectivity index (χ0n) is 25.0. The number of nitrogens with one attached hydrogen (secondary N) is 1. The fourth-order valence-electron chi connectivity index (χ4n) is 4.65. The van der Waals surface area contributed by atoms with E-state index in [0.29, 0.717) is 23.8 Å². The van der Waals surface area contributed by atoms with E-state index in [2.05, 4.69) is 15.3 Å². The average Bonchev–Trinajstić information content (AvgIpc) is 2.98. The van der Waals surface area contributed by atoms with Crippen LogP contribution in [0.25, 0.3) is 11.0 Å². The Morgan fingerprint density at radius 2 is 1.56 bits per heavy atom. The number of benzene rings is 2. The summed E-state index contributed by atoms with van der Waals surface area (Å²) in [4.78, 5) is 61.3. The van der Waals surface area contributed by atoms with Crippen molar-refractivity contribution in [1.82, 2.24) is 5.32 Å². The molecular formula is C30H39N9O6. The number of anilines is 1. The molecule has 0 unspecified atom stereocenters. The second-order valence-electron chi connectivity index (χ2n) is 10.2. The molecule has 0 aliphatic rings. The normalized spacial score (nSPS) is 12.0. The molecule has 0 aliphatic carbocycles. The van der Waals surface area contributed by atoms with Gasteiger partial charge in [0.15, 0.2) is 11.9 Å². The van der Waals surface area contributed by atoms with Gasteiger partial charge in [-0.05, 0) is 55.9 Å². The maximum Gasteiger partial charge on any atom is 0.408 e. The minimum atomic E-state index is -1.19. The second-order valence-corrected chi connectivity index (χ2v) is 10.2. The van der Waals surface area contributed by atoms with Crippen molar-refractivity contribution in [2.75, 3.05) is 18.0 Å². The molecule has 0 saturated carbocycles. The molecule has 3 amide bonds. The Kier molecular flexibility index (Phi) is 12.3. The number of guanidine groups is 2. The molecule has 45 heavy (non-hydrogen) atoms. The van der Waals surface area contributed by atoms with Crippen molar-refractivity contribution < 1.29 is 23.5 Å². The van der Waals surface area contributed by atoms with Gasteiger partial charge in [-0.15, -0.1) is 0 Å². The Bertz CT molecular complexity index is 1600. The van der Waals surface area contributed by atoms with Gasteiger partial charge in [-0.3, -0.25) is 24.5 Å². The lowest BCUT2D eigenvalue weighted by Gasteiger charge is -2.33. The highest BCUT2D eigenvalue weighted by atomic mass is 16.5. The number of rotatable bonds is 15. The number of carbonyl (C=O) groups excluding carboxylic acids is 3. The van der Waals surface area contributed by atoms with Gasteiger partial charge in [0.2, 0.25) is 11.8 Å². The Labute approximate surface area is 259 Å². The molecule has 0 saturated heterocycles. The first-order valence-corrected chi connectivity index (χ1v) is 14.2. The number of amides is 3. The predicted octanol–water partition coefficient (Wildman–Crippen LogP) is 0.691. The van der Waals surface area contributed by atoms with Crippen LogP contribution in [-0.4, -0.2) is 55.0 Å². The second kappa shape index (κ2) is 16.3. The van der Waals surface area contributed by atoms with Gasteiger partial charge in [-0.25, -0.2) is 9.59 Å². The molecule has 3 aromatic rings. The molecule has 15 nitrogen and oxygen atoms in total. The van der Waals surface area contributed by atoms with Crippen molar-refractivity contribution in [3.8, 4) is 0 Å². The van der Waals surface area contributed by atoms with Gasteiger partial charge in [0.05, 0.1) is 0 Å². The molecule has 3 rings (SSSR count). The van der Waals surface area contributed by atoms with Crippen LogP contribution in [0.2, 0.25) is 0 Å². The molecule has 2 atom stereocenters. The van der Waals surface area contributed by atoms with Gasteiger partial charge in [0.25, 0.3) is 0 Å². The molecule has 1 heterocycles. The minimum absolute atomic E-state index is 0.0386. The van der Waals surface area contributed by atoms with Crippen molar-refractivity contribution >= 4 is 46.5 Å². The first kappa shape index (κ1) is 33.9. The van der Waals surface area contributed by atoms with Crippen LogP contribution in [0.4, 0.5) is 10.5 Å². The summed E-state index contributed by atoms with van der Waals surface area (Å²) in [5.41, 5.74) is 28.8. The highest BCUT2D eigenvalue weighted by Crippen LogP contribution is 2.27. The molecule has 1 aromatic heterocycles. The highest BCUT2D eigenvalue weighted by molar-refractivity contribution is 6.05. The van der Waals surface area contributed by atoms with Crippen LogP contribution in [0.15, 0.2) is 73.8 Å². The lowest BCUT2D eigenvalue weighted by Crippen LogP contribution is -2.55. The number of carbonyl (C=O) groups is 3. The van der Waals surface area contributed by atoms with Gasteiger partial charge >= 0.3 is 11.7 Å². The molecule has 2 aromatic carbocycles. The number of hydrogen-bond acceptors (Lipinski definition) is 8. The van der Waals surface area contributed by atoms with Gasteiger partial charge in [0, 0.05) is 36.3 Å². The van der Waals surface area contributed by atoms with E-state index in [1.54, 1.807) is 43.3 Å². The van der Waals surface area contributed by atoms with Crippen LogP contribution in [0.3, 0.4) is 0 Å². The van der Waals surface area contributed by atoms with E-state index < -0.39 is 35.6 Å². The third-order valence-corrected chi connectivity index (χ3v) is 6.77. The SMILES string of the molecule is Cc1cc(=O)oc2cc(N(C(=O)[C@H](CCCN=C(N)N)NC(=O)OCc3ccccc3)[C@@H](CCCN=C(N)N)C(N)=O)ccc12. The van der Waals surface area contributed by atoms with Crippen LogP contribution in [0.1, 0.15) is 36.8 Å². The molecule has 11 N–H and O–H groups in total. The number of aliphatic imine (C=N–C) groups is 2. The van der Waals surface area contributed by atoms with Crippen LogP contribution < -0.4 is 44.5 Å². The first-order valence-electron chi connectivity index (χ1n) is 14.2. The summed E-state index contributed by atoms with van der Waals surface area (Å²) in [6.07, 6.45) is -0.125. The van der Waals surface area contributed by atoms with E-state index in [0.717, 1.165) is 5.56 Å². The molecule has 15 heteroatoms. The number of ether oxygens (including phenoxy) is 1. The molecule has 0 aliphatic heterocycles. The maximum atomic E-state index is 14.3. The van der Waals surface area contributed by atoms with Crippen molar-refractivity contribution in [2.45, 2.75) is 51.3 Å². The summed E-state index contributed by atoms with van der Waals surface area (Å²) in [6.45, 7) is 2.05. The first-order chi connectivity index (χ1) is 21.5. The quantitative estimate of drug-likeness (QED) is 0.0598. The average molecular weight is 622 g/mol. The number of alkyl carbamates (subject to hydrolysis) is 1. The van der Waals surface area contributed by atoms with E-state index in [9.17, 15) is 19.2 Å². The number of aryl methyl sites for hydroxylation is 1. The van der Waals surface area contributed by atoms with Crippen LogP contribution in [0, 0.1) is 6.92 Å². The molecule has 0 fully saturated rings. The zero-order chi connectivity index (χ0) is 32.9. The van der Waals surface area contributed by atoms with Crippen molar-refractivity contribution in [1.29, 1.82) is 0 Å². The minimum Gasteiger partial charge on any atom is -0.445 e. The third kappa shape index (κ3) is 10.3. The van der Waals surface area contributed by atoms with E-state index in [1.807, 2.05) is 6.07 Å². The van der Waals surface area contributed by atoms with Crippen molar-refractivity contribution in [3.05, 3.63) is 76.1 Å². The Balaban J connectivity index is 2.01. The topological polar surface area (TPSA) is 261 Å². The van der Waals surface area contributed by atoms with E-state index >= 15 is 0 Å². The number of hydrogen-bond donors (Lipinski definition) is 6. The number of nitrogens with two attached hydrogens (primary N) is 5. The summed E-state index contributed by atoms with van der Waals surface area (Å²) in [6, 6.07) is 12.7. The standard InChI is InChI=1S/C30H39N9O6/c1-18-15-25(40)45-24-16-20(11-12-21(18)24)39(23(26(31)41)10-6-14-37-29(34)35)27(42)22(9-5-13-36-28(32)33)38-30(43)44-17-19-7-3-2-4-8-19/h2-4,7-8,11-12,15-16,22-23H,5-6,9-10,13-14,17H2,1H3,(H2,31,41)(H,38,43)(H4,32,33,36)(H4,34,35,37)/t22-,23-/m0/s1. The highest BCUT2D eigenvalue weighted by Gasteiger charge is 2.35. The number of nitrogens with zero attached hydrogens (tertiary/aromatic N) is 3. The smallest absolute Gasteiger partial charge is 0.408 e. The van der Waals surface area contributed by atoms with Crippen LogP contribution >= 0.6 is 0 Å². The number of fused-ring (bicyclic) bond motifs is 1. The summed E-state index contributed by atoms with van der Waals surface area (Å²) >= 11 is 0.